The number of nitrogens with zero attached hydrogens (tertiary/aromatic N) is 3. The zero-order chi connectivity index (χ0) is 23.2. The first kappa shape index (κ1) is 23.6. The molecule has 0 unspecified atom stereocenters. The fraction of sp³-hybridized carbons (Fsp3) is 0.333. The lowest BCUT2D eigenvalue weighted by Crippen LogP contribution is -2.38. The number of rotatable bonds is 8. The second kappa shape index (κ2) is 11.0. The average Bonchev–Trinajstić information content (AvgIpc) is 3.24. The van der Waals surface area contributed by atoms with E-state index in [-0.39, 0.29) is 6.61 Å². The van der Waals surface area contributed by atoms with Gasteiger partial charge in [0.15, 0.2) is 0 Å². The zero-order valence-corrected chi connectivity index (χ0v) is 19.8. The van der Waals surface area contributed by atoms with E-state index in [0.29, 0.717) is 28.1 Å². The maximum absolute atomic E-state index is 12.5. The number of hydrogen-bond donors (Lipinski definition) is 0. The molecule has 0 N–H and O–H groups in total. The van der Waals surface area contributed by atoms with Crippen molar-refractivity contribution in [1.82, 2.24) is 14.7 Å². The number of ether oxygens (including phenoxy) is 3. The summed E-state index contributed by atoms with van der Waals surface area (Å²) in [5.41, 5.74) is 2.86. The number of morpholine rings is 1. The van der Waals surface area contributed by atoms with E-state index in [0.717, 1.165) is 49.7 Å². The highest BCUT2D eigenvalue weighted by molar-refractivity contribution is 6.36. The highest BCUT2D eigenvalue weighted by atomic mass is 35.5. The van der Waals surface area contributed by atoms with E-state index >= 15 is 0 Å². The Labute approximate surface area is 202 Å². The Morgan fingerprint density at radius 3 is 2.58 bits per heavy atom. The van der Waals surface area contributed by atoms with Crippen molar-refractivity contribution < 1.29 is 19.0 Å². The molecule has 0 aliphatic carbocycles. The molecule has 1 aliphatic heterocycles. The van der Waals surface area contributed by atoms with E-state index in [1.54, 1.807) is 23.7 Å². The molecule has 1 fully saturated rings. The summed E-state index contributed by atoms with van der Waals surface area (Å²) < 4.78 is 18.2. The fourth-order valence-electron chi connectivity index (χ4n) is 3.61. The van der Waals surface area contributed by atoms with E-state index < -0.39 is 5.97 Å². The maximum Gasteiger partial charge on any atom is 0.345 e. The molecule has 0 amide bonds. The number of aromatic nitrogens is 2. The van der Waals surface area contributed by atoms with Crippen LogP contribution in [0.4, 0.5) is 0 Å². The van der Waals surface area contributed by atoms with Crippen LogP contribution in [0, 0.1) is 0 Å². The minimum Gasteiger partial charge on any atom is -0.476 e. The molecule has 7 nitrogen and oxygen atoms in total. The van der Waals surface area contributed by atoms with Gasteiger partial charge in [-0.3, -0.25) is 4.90 Å². The summed E-state index contributed by atoms with van der Waals surface area (Å²) >= 11 is 12.4. The minimum absolute atomic E-state index is 0.272. The fourth-order valence-corrected chi connectivity index (χ4v) is 4.13. The Bertz CT molecular complexity index is 1100. The first-order valence-electron chi connectivity index (χ1n) is 10.8. The Kier molecular flexibility index (Phi) is 7.88. The monoisotopic (exact) mass is 489 g/mol. The van der Waals surface area contributed by atoms with Gasteiger partial charge in [-0.05, 0) is 36.8 Å². The molecule has 33 heavy (non-hydrogen) atoms. The van der Waals surface area contributed by atoms with E-state index in [4.69, 9.17) is 37.4 Å². The third-order valence-electron chi connectivity index (χ3n) is 5.32. The topological polar surface area (TPSA) is 65.8 Å². The Balaban J connectivity index is 1.57. The molecular weight excluding hydrogens is 465 g/mol. The Morgan fingerprint density at radius 1 is 1.12 bits per heavy atom. The van der Waals surface area contributed by atoms with Crippen LogP contribution in [0.2, 0.25) is 10.0 Å². The molecule has 0 spiro atoms. The highest BCUT2D eigenvalue weighted by Gasteiger charge is 2.22. The van der Waals surface area contributed by atoms with E-state index in [1.807, 2.05) is 30.3 Å². The van der Waals surface area contributed by atoms with Crippen molar-refractivity contribution in [3.05, 3.63) is 64.3 Å². The molecule has 2 heterocycles. The van der Waals surface area contributed by atoms with Gasteiger partial charge in [0.25, 0.3) is 0 Å². The van der Waals surface area contributed by atoms with Gasteiger partial charge in [0.05, 0.1) is 31.7 Å². The lowest BCUT2D eigenvalue weighted by atomic mass is 10.1. The van der Waals surface area contributed by atoms with E-state index in [9.17, 15) is 4.79 Å². The molecule has 1 aliphatic rings. The standard InChI is InChI=1S/C24H25Cl2N3O4/c1-2-32-24(30)21-16-27-29(23(21)33-14-11-28-9-12-31-13-10-28)19-6-3-17(4-7-19)20-8-5-18(25)15-22(20)26/h3-8,15-16H,2,9-14H2,1H3. The smallest absolute Gasteiger partial charge is 0.345 e. The second-order valence-corrected chi connectivity index (χ2v) is 8.31. The van der Waals surface area contributed by atoms with Gasteiger partial charge in [-0.25, -0.2) is 9.48 Å². The van der Waals surface area contributed by atoms with Crippen LogP contribution in [-0.2, 0) is 9.47 Å². The number of carbonyl (C=O) groups is 1. The third kappa shape index (κ3) is 5.68. The van der Waals surface area contributed by atoms with Gasteiger partial charge in [-0.2, -0.15) is 5.10 Å². The second-order valence-electron chi connectivity index (χ2n) is 7.47. The molecule has 0 bridgehead atoms. The van der Waals surface area contributed by atoms with E-state index in [2.05, 4.69) is 10.00 Å². The zero-order valence-electron chi connectivity index (χ0n) is 18.3. The van der Waals surface area contributed by atoms with Gasteiger partial charge in [-0.15, -0.1) is 0 Å². The SMILES string of the molecule is CCOC(=O)c1cnn(-c2ccc(-c3ccc(Cl)cc3Cl)cc2)c1OCCN1CCOCC1. The van der Waals surface area contributed by atoms with Crippen LogP contribution in [0.25, 0.3) is 16.8 Å². The Hall–Kier alpha value is -2.58. The third-order valence-corrected chi connectivity index (χ3v) is 5.87. The van der Waals surface area contributed by atoms with Gasteiger partial charge >= 0.3 is 5.97 Å². The van der Waals surface area contributed by atoms with Crippen molar-refractivity contribution in [3.63, 3.8) is 0 Å². The van der Waals surface area contributed by atoms with Crippen molar-refractivity contribution >= 4 is 29.2 Å². The van der Waals surface area contributed by atoms with Gasteiger partial charge in [0.2, 0.25) is 5.88 Å². The van der Waals surface area contributed by atoms with Crippen LogP contribution in [0.1, 0.15) is 17.3 Å². The molecule has 0 atom stereocenters. The number of carbonyl (C=O) groups excluding carboxylic acids is 1. The van der Waals surface area contributed by atoms with Crippen molar-refractivity contribution in [2.75, 3.05) is 46.1 Å². The molecular formula is C24H25Cl2N3O4. The first-order valence-corrected chi connectivity index (χ1v) is 11.6. The summed E-state index contributed by atoms with van der Waals surface area (Å²) in [6.45, 7) is 6.34. The van der Waals surface area contributed by atoms with Crippen molar-refractivity contribution in [3.8, 4) is 22.7 Å². The summed E-state index contributed by atoms with van der Waals surface area (Å²) in [5, 5.41) is 5.56. The lowest BCUT2D eigenvalue weighted by molar-refractivity contribution is 0.0316. The van der Waals surface area contributed by atoms with Gasteiger partial charge < -0.3 is 14.2 Å². The normalized spacial score (nSPS) is 14.3. The molecule has 0 saturated carbocycles. The molecule has 2 aromatic carbocycles. The number of esters is 1. The summed E-state index contributed by atoms with van der Waals surface area (Å²) in [4.78, 5) is 14.7. The summed E-state index contributed by atoms with van der Waals surface area (Å²) in [5.74, 6) is -0.103. The first-order chi connectivity index (χ1) is 16.1. The van der Waals surface area contributed by atoms with Crippen LogP contribution >= 0.6 is 23.2 Å². The maximum atomic E-state index is 12.5. The molecule has 4 rings (SSSR count). The van der Waals surface area contributed by atoms with Crippen LogP contribution < -0.4 is 4.74 Å². The lowest BCUT2D eigenvalue weighted by Gasteiger charge is -2.26. The summed E-state index contributed by atoms with van der Waals surface area (Å²) in [6.07, 6.45) is 1.48. The largest absolute Gasteiger partial charge is 0.476 e. The molecule has 0 radical (unpaired) electrons. The molecule has 3 aromatic rings. The van der Waals surface area contributed by atoms with Crippen molar-refractivity contribution in [2.24, 2.45) is 0 Å². The van der Waals surface area contributed by atoms with Crippen LogP contribution in [0.15, 0.2) is 48.7 Å². The average molecular weight is 490 g/mol. The number of hydrogen-bond acceptors (Lipinski definition) is 6. The molecule has 1 saturated heterocycles. The molecule has 1 aromatic heterocycles. The predicted octanol–water partition coefficient (Wildman–Crippen LogP) is 4.73. The summed E-state index contributed by atoms with van der Waals surface area (Å²) in [7, 11) is 0. The minimum atomic E-state index is -0.463. The number of benzene rings is 2. The van der Waals surface area contributed by atoms with Gasteiger partial charge in [0.1, 0.15) is 12.2 Å². The molecule has 174 valence electrons. The van der Waals surface area contributed by atoms with Crippen LogP contribution in [0.5, 0.6) is 5.88 Å². The number of halogens is 2. The Morgan fingerprint density at radius 2 is 1.88 bits per heavy atom. The molecule has 9 heteroatoms. The predicted molar refractivity (Wildman–Crippen MR) is 128 cm³/mol. The summed E-state index contributed by atoms with van der Waals surface area (Å²) in [6, 6.07) is 13.1. The van der Waals surface area contributed by atoms with Crippen molar-refractivity contribution in [1.29, 1.82) is 0 Å². The highest BCUT2D eigenvalue weighted by Crippen LogP contribution is 2.31. The van der Waals surface area contributed by atoms with Gasteiger partial charge in [-0.1, -0.05) is 41.4 Å². The van der Waals surface area contributed by atoms with Crippen LogP contribution in [-0.4, -0.2) is 66.7 Å². The van der Waals surface area contributed by atoms with E-state index in [1.165, 1.54) is 6.20 Å². The van der Waals surface area contributed by atoms with Crippen LogP contribution in [0.3, 0.4) is 0 Å². The van der Waals surface area contributed by atoms with Gasteiger partial charge in [0, 0.05) is 35.2 Å². The van der Waals surface area contributed by atoms with Crippen molar-refractivity contribution in [2.45, 2.75) is 6.92 Å². The quantitative estimate of drug-likeness (QED) is 0.426.